The highest BCUT2D eigenvalue weighted by Crippen LogP contribution is 2.48. The quantitative estimate of drug-likeness (QED) is 0.901. The smallest absolute Gasteiger partial charge is 0.235 e. The molecule has 1 aliphatic carbocycles. The van der Waals surface area contributed by atoms with Gasteiger partial charge in [0.15, 0.2) is 0 Å². The van der Waals surface area contributed by atoms with Crippen LogP contribution in [0.1, 0.15) is 30.4 Å². The Morgan fingerprint density at radius 1 is 1.04 bits per heavy atom. The SMILES string of the molecule is COc1ccc(C)cc1NC(=O)C1(c2ccccc2OC)CCC1. The summed E-state index contributed by atoms with van der Waals surface area (Å²) in [7, 11) is 3.26. The number of carbonyl (C=O) groups excluding carboxylic acids is 1. The number of nitrogens with one attached hydrogen (secondary N) is 1. The van der Waals surface area contributed by atoms with E-state index in [9.17, 15) is 4.79 Å². The van der Waals surface area contributed by atoms with Crippen LogP contribution in [0, 0.1) is 6.92 Å². The van der Waals surface area contributed by atoms with Crippen molar-refractivity contribution >= 4 is 11.6 Å². The largest absolute Gasteiger partial charge is 0.496 e. The first-order valence-corrected chi connectivity index (χ1v) is 8.20. The van der Waals surface area contributed by atoms with Gasteiger partial charge in [-0.05, 0) is 43.5 Å². The molecule has 1 saturated carbocycles. The lowest BCUT2D eigenvalue weighted by atomic mass is 9.63. The first-order chi connectivity index (χ1) is 11.6. The van der Waals surface area contributed by atoms with Crippen LogP contribution >= 0.6 is 0 Å². The third-order valence-electron chi connectivity index (χ3n) is 4.87. The van der Waals surface area contributed by atoms with Crippen molar-refractivity contribution in [2.75, 3.05) is 19.5 Å². The van der Waals surface area contributed by atoms with E-state index in [0.29, 0.717) is 11.4 Å². The van der Waals surface area contributed by atoms with Crippen LogP contribution < -0.4 is 14.8 Å². The minimum Gasteiger partial charge on any atom is -0.496 e. The molecule has 0 unspecified atom stereocenters. The second-order valence-corrected chi connectivity index (χ2v) is 6.29. The van der Waals surface area contributed by atoms with Gasteiger partial charge in [0.05, 0.1) is 25.3 Å². The number of hydrogen-bond donors (Lipinski definition) is 1. The van der Waals surface area contributed by atoms with Gasteiger partial charge in [-0.25, -0.2) is 0 Å². The van der Waals surface area contributed by atoms with Crippen molar-refractivity contribution in [1.82, 2.24) is 0 Å². The zero-order chi connectivity index (χ0) is 17.2. The molecular formula is C20H23NO3. The van der Waals surface area contributed by atoms with Crippen LogP contribution in [0.2, 0.25) is 0 Å². The third kappa shape index (κ3) is 2.73. The van der Waals surface area contributed by atoms with Crippen LogP contribution in [0.5, 0.6) is 11.5 Å². The zero-order valence-corrected chi connectivity index (χ0v) is 14.4. The predicted octanol–water partition coefficient (Wildman–Crippen LogP) is 4.07. The van der Waals surface area contributed by atoms with E-state index in [2.05, 4.69) is 5.32 Å². The van der Waals surface area contributed by atoms with Gasteiger partial charge in [0.2, 0.25) is 5.91 Å². The second kappa shape index (κ2) is 6.56. The minimum atomic E-state index is -0.526. The fourth-order valence-corrected chi connectivity index (χ4v) is 3.35. The van der Waals surface area contributed by atoms with Crippen molar-refractivity contribution in [3.8, 4) is 11.5 Å². The fourth-order valence-electron chi connectivity index (χ4n) is 3.35. The summed E-state index contributed by atoms with van der Waals surface area (Å²) in [5.41, 5.74) is 2.22. The van der Waals surface area contributed by atoms with Gasteiger partial charge in [-0.1, -0.05) is 30.7 Å². The first-order valence-electron chi connectivity index (χ1n) is 8.20. The number of hydrogen-bond acceptors (Lipinski definition) is 3. The lowest BCUT2D eigenvalue weighted by Gasteiger charge is -2.41. The summed E-state index contributed by atoms with van der Waals surface area (Å²) >= 11 is 0. The number of anilines is 1. The minimum absolute atomic E-state index is 0.00199. The van der Waals surface area contributed by atoms with E-state index in [1.807, 2.05) is 49.4 Å². The molecule has 0 saturated heterocycles. The lowest BCUT2D eigenvalue weighted by Crippen LogP contribution is -2.46. The van der Waals surface area contributed by atoms with Crippen LogP contribution in [0.15, 0.2) is 42.5 Å². The van der Waals surface area contributed by atoms with E-state index in [-0.39, 0.29) is 5.91 Å². The number of amides is 1. The van der Waals surface area contributed by atoms with Crippen molar-refractivity contribution in [1.29, 1.82) is 0 Å². The predicted molar refractivity (Wildman–Crippen MR) is 94.9 cm³/mol. The van der Waals surface area contributed by atoms with Crippen molar-refractivity contribution < 1.29 is 14.3 Å². The molecule has 4 nitrogen and oxygen atoms in total. The molecule has 126 valence electrons. The van der Waals surface area contributed by atoms with Crippen LogP contribution in [-0.2, 0) is 10.2 Å². The molecule has 0 aliphatic heterocycles. The highest BCUT2D eigenvalue weighted by Gasteiger charge is 2.47. The average Bonchev–Trinajstić information content (AvgIpc) is 2.54. The lowest BCUT2D eigenvalue weighted by molar-refractivity contribution is -0.124. The van der Waals surface area contributed by atoms with E-state index in [0.717, 1.165) is 36.1 Å². The van der Waals surface area contributed by atoms with Crippen LogP contribution in [0.4, 0.5) is 5.69 Å². The number of carbonyl (C=O) groups is 1. The maximum atomic E-state index is 13.1. The Bertz CT molecular complexity index is 750. The molecule has 0 spiro atoms. The Morgan fingerprint density at radius 2 is 1.75 bits per heavy atom. The van der Waals surface area contributed by atoms with Gasteiger partial charge >= 0.3 is 0 Å². The molecule has 2 aromatic carbocycles. The maximum absolute atomic E-state index is 13.1. The van der Waals surface area contributed by atoms with E-state index < -0.39 is 5.41 Å². The van der Waals surface area contributed by atoms with Crippen LogP contribution in [0.25, 0.3) is 0 Å². The molecule has 2 aromatic rings. The third-order valence-corrected chi connectivity index (χ3v) is 4.87. The zero-order valence-electron chi connectivity index (χ0n) is 14.4. The molecule has 0 atom stereocenters. The average molecular weight is 325 g/mol. The molecule has 0 bridgehead atoms. The molecule has 0 aromatic heterocycles. The van der Waals surface area contributed by atoms with Gasteiger partial charge in [0, 0.05) is 5.56 Å². The summed E-state index contributed by atoms with van der Waals surface area (Å²) < 4.78 is 10.9. The van der Waals surface area contributed by atoms with Gasteiger partial charge in [-0.15, -0.1) is 0 Å². The Labute approximate surface area is 142 Å². The maximum Gasteiger partial charge on any atom is 0.235 e. The van der Waals surface area contributed by atoms with Crippen molar-refractivity contribution in [2.45, 2.75) is 31.6 Å². The summed E-state index contributed by atoms with van der Waals surface area (Å²) in [5, 5.41) is 3.08. The molecule has 1 fully saturated rings. The first kappa shape index (κ1) is 16.4. The number of benzene rings is 2. The number of methoxy groups -OCH3 is 2. The van der Waals surface area contributed by atoms with Crippen molar-refractivity contribution in [3.05, 3.63) is 53.6 Å². The Balaban J connectivity index is 1.94. The van der Waals surface area contributed by atoms with Gasteiger partial charge in [0.1, 0.15) is 11.5 Å². The monoisotopic (exact) mass is 325 g/mol. The highest BCUT2D eigenvalue weighted by atomic mass is 16.5. The number of aryl methyl sites for hydroxylation is 1. The number of ether oxygens (including phenoxy) is 2. The summed E-state index contributed by atoms with van der Waals surface area (Å²) in [4.78, 5) is 13.1. The molecule has 0 heterocycles. The standard InChI is InChI=1S/C20H23NO3/c1-14-9-10-18(24-3)16(13-14)21-19(22)20(11-6-12-20)15-7-4-5-8-17(15)23-2/h4-5,7-10,13H,6,11-12H2,1-3H3,(H,21,22). The van der Waals surface area contributed by atoms with E-state index in [1.165, 1.54) is 0 Å². The van der Waals surface area contributed by atoms with Crippen molar-refractivity contribution in [3.63, 3.8) is 0 Å². The van der Waals surface area contributed by atoms with Gasteiger partial charge in [0.25, 0.3) is 0 Å². The molecule has 4 heteroatoms. The second-order valence-electron chi connectivity index (χ2n) is 6.29. The normalized spacial score (nSPS) is 15.3. The molecule has 1 amide bonds. The molecule has 1 N–H and O–H groups in total. The van der Waals surface area contributed by atoms with Gasteiger partial charge in [-0.3, -0.25) is 4.79 Å². The van der Waals surface area contributed by atoms with E-state index in [1.54, 1.807) is 14.2 Å². The Kier molecular flexibility index (Phi) is 4.47. The Morgan fingerprint density at radius 3 is 2.38 bits per heavy atom. The van der Waals surface area contributed by atoms with Crippen molar-refractivity contribution in [2.24, 2.45) is 0 Å². The summed E-state index contributed by atoms with van der Waals surface area (Å²) in [6.07, 6.45) is 2.69. The molecule has 0 radical (unpaired) electrons. The van der Waals surface area contributed by atoms with Gasteiger partial charge in [-0.2, -0.15) is 0 Å². The van der Waals surface area contributed by atoms with Gasteiger partial charge < -0.3 is 14.8 Å². The fraction of sp³-hybridized carbons (Fsp3) is 0.350. The summed E-state index contributed by atoms with van der Waals surface area (Å²) in [6.45, 7) is 1.99. The van der Waals surface area contributed by atoms with Crippen LogP contribution in [0.3, 0.4) is 0 Å². The van der Waals surface area contributed by atoms with E-state index >= 15 is 0 Å². The van der Waals surface area contributed by atoms with Crippen LogP contribution in [-0.4, -0.2) is 20.1 Å². The number of rotatable bonds is 5. The summed E-state index contributed by atoms with van der Waals surface area (Å²) in [6, 6.07) is 13.6. The molecule has 1 aliphatic rings. The molecule has 24 heavy (non-hydrogen) atoms. The Hall–Kier alpha value is -2.49. The summed E-state index contributed by atoms with van der Waals surface area (Å²) in [5.74, 6) is 1.44. The highest BCUT2D eigenvalue weighted by molar-refractivity contribution is 6.01. The van der Waals surface area contributed by atoms with E-state index in [4.69, 9.17) is 9.47 Å². The molecule has 3 rings (SSSR count). The molecular weight excluding hydrogens is 302 g/mol. The number of para-hydroxylation sites is 1. The topological polar surface area (TPSA) is 47.6 Å².